The minimum atomic E-state index is -4.40. The second-order valence-electron chi connectivity index (χ2n) is 10.4. The highest BCUT2D eigenvalue weighted by Gasteiger charge is 2.35. The number of amidine groups is 1. The highest BCUT2D eigenvalue weighted by Crippen LogP contribution is 2.33. The normalized spacial score (nSPS) is 17.5. The number of likely N-dealkylation sites (tertiary alicyclic amines) is 1. The van der Waals surface area contributed by atoms with Gasteiger partial charge < -0.3 is 16.4 Å². The summed E-state index contributed by atoms with van der Waals surface area (Å²) in [4.78, 5) is 26.2. The number of halogens is 3. The molecule has 210 valence electrons. The second kappa shape index (κ2) is 11.9. The quantitative estimate of drug-likeness (QED) is 0.211. The van der Waals surface area contributed by atoms with Crippen LogP contribution in [0.1, 0.15) is 43.2 Å². The molecule has 0 atom stereocenters. The molecule has 0 radical (unpaired) electrons. The van der Waals surface area contributed by atoms with Gasteiger partial charge in [0, 0.05) is 31.8 Å². The number of rotatable bonds is 9. The van der Waals surface area contributed by atoms with Crippen LogP contribution in [0.5, 0.6) is 0 Å². The summed E-state index contributed by atoms with van der Waals surface area (Å²) < 4.78 is 39.2. The fourth-order valence-electron chi connectivity index (χ4n) is 4.73. The number of nitrogens with two attached hydrogens (primary N) is 1. The molecule has 1 saturated carbocycles. The molecule has 0 aromatic heterocycles. The Morgan fingerprint density at radius 2 is 1.80 bits per heavy atom. The average molecular weight is 553 g/mol. The fraction of sp³-hybridized carbons (Fsp3) is 0.379. The Kier molecular flexibility index (Phi) is 8.59. The monoisotopic (exact) mass is 552 g/mol. The van der Waals surface area contributed by atoms with Crippen molar-refractivity contribution in [1.29, 1.82) is 10.7 Å². The van der Waals surface area contributed by atoms with Crippen LogP contribution in [0, 0.1) is 22.7 Å². The molecule has 1 saturated heterocycles. The van der Waals surface area contributed by atoms with E-state index >= 15 is 0 Å². The number of nitrogens with one attached hydrogen (secondary N) is 3. The maximum absolute atomic E-state index is 13.1. The minimum Gasteiger partial charge on any atom is -0.384 e. The first-order valence-electron chi connectivity index (χ1n) is 13.0. The van der Waals surface area contributed by atoms with Crippen LogP contribution in [0.25, 0.3) is 11.1 Å². The number of amides is 2. The van der Waals surface area contributed by atoms with E-state index in [9.17, 15) is 28.0 Å². The first kappa shape index (κ1) is 28.8. The largest absolute Gasteiger partial charge is 0.416 e. The molecule has 2 aromatic carbocycles. The predicted octanol–water partition coefficient (Wildman–Crippen LogP) is 4.08. The van der Waals surface area contributed by atoms with Gasteiger partial charge in [-0.1, -0.05) is 36.4 Å². The Balaban J connectivity index is 1.37. The molecule has 5 N–H and O–H groups in total. The van der Waals surface area contributed by atoms with E-state index in [1.165, 1.54) is 12.3 Å². The van der Waals surface area contributed by atoms with Gasteiger partial charge in [-0.25, -0.2) is 0 Å². The van der Waals surface area contributed by atoms with Crippen LogP contribution in [0.4, 0.5) is 13.2 Å². The predicted molar refractivity (Wildman–Crippen MR) is 143 cm³/mol. The number of hydrogen-bond donors (Lipinski definition) is 4. The third-order valence-electron chi connectivity index (χ3n) is 7.37. The molecular formula is C29H31F3N6O2. The number of carbonyl (C=O) groups is 2. The zero-order valence-corrected chi connectivity index (χ0v) is 21.9. The van der Waals surface area contributed by atoms with Gasteiger partial charge in [-0.2, -0.15) is 18.4 Å². The van der Waals surface area contributed by atoms with Crippen molar-refractivity contribution in [3.63, 3.8) is 0 Å². The average Bonchev–Trinajstić information content (AvgIpc) is 3.76. The lowest BCUT2D eigenvalue weighted by atomic mass is 9.84. The molecule has 1 aliphatic carbocycles. The number of carbonyl (C=O) groups excluding carboxylic acids is 2. The Morgan fingerprint density at radius 3 is 2.38 bits per heavy atom. The molecule has 0 spiro atoms. The van der Waals surface area contributed by atoms with Crippen LogP contribution in [0.2, 0.25) is 0 Å². The minimum absolute atomic E-state index is 0.131. The maximum atomic E-state index is 13.1. The van der Waals surface area contributed by atoms with Crippen molar-refractivity contribution in [3.8, 4) is 17.2 Å². The molecule has 1 aliphatic heterocycles. The summed E-state index contributed by atoms with van der Waals surface area (Å²) in [5.41, 5.74) is 6.19. The molecule has 11 heteroatoms. The number of benzene rings is 2. The number of nitrogens with zero attached hydrogens (tertiary/aromatic N) is 2. The SMILES string of the molecule is N#CCC1(N/C=C(\C(=N)NC(=O)C2CC2)C(N)=O)CCN(Cc2ccc(-c3cccc(C(F)(F)F)c3)cc2)CC1. The van der Waals surface area contributed by atoms with E-state index in [4.69, 9.17) is 11.1 Å². The standard InChI is InChI=1S/C29H31F3N6O2/c30-29(31,32)23-3-1-2-22(16-23)20-6-4-19(5-7-20)18-38-14-11-28(10-13-33,12-15-38)36-17-24(26(35)39)25(34)37-27(40)21-8-9-21/h1-7,16-17,21,36H,8-12,14-15,18H2,(H2,35,39)(H2,34,37,40)/b24-17+. The molecule has 1 heterocycles. The maximum Gasteiger partial charge on any atom is 0.416 e. The van der Waals surface area contributed by atoms with Crippen LogP contribution < -0.4 is 16.4 Å². The molecule has 40 heavy (non-hydrogen) atoms. The van der Waals surface area contributed by atoms with Crippen molar-refractivity contribution in [1.82, 2.24) is 15.5 Å². The zero-order chi connectivity index (χ0) is 28.9. The highest BCUT2D eigenvalue weighted by molar-refractivity contribution is 6.22. The van der Waals surface area contributed by atoms with E-state index in [2.05, 4.69) is 21.6 Å². The zero-order valence-electron chi connectivity index (χ0n) is 21.9. The van der Waals surface area contributed by atoms with Crippen molar-refractivity contribution < 1.29 is 22.8 Å². The first-order chi connectivity index (χ1) is 19.0. The van der Waals surface area contributed by atoms with E-state index in [1.54, 1.807) is 6.07 Å². The second-order valence-corrected chi connectivity index (χ2v) is 10.4. The van der Waals surface area contributed by atoms with Crippen molar-refractivity contribution >= 4 is 17.6 Å². The van der Waals surface area contributed by atoms with Crippen molar-refractivity contribution in [2.24, 2.45) is 11.7 Å². The Morgan fingerprint density at radius 1 is 1.12 bits per heavy atom. The van der Waals surface area contributed by atoms with E-state index in [-0.39, 0.29) is 29.7 Å². The number of nitriles is 1. The summed E-state index contributed by atoms with van der Waals surface area (Å²) >= 11 is 0. The van der Waals surface area contributed by atoms with Crippen LogP contribution in [0.3, 0.4) is 0 Å². The van der Waals surface area contributed by atoms with E-state index in [0.717, 1.165) is 30.5 Å². The van der Waals surface area contributed by atoms with Gasteiger partial charge in [-0.05, 0) is 54.5 Å². The lowest BCUT2D eigenvalue weighted by Gasteiger charge is -2.41. The first-order valence-corrected chi connectivity index (χ1v) is 13.0. The number of piperidine rings is 1. The lowest BCUT2D eigenvalue weighted by molar-refractivity contribution is -0.137. The topological polar surface area (TPSA) is 135 Å². The summed E-state index contributed by atoms with van der Waals surface area (Å²) in [5, 5.41) is 23.2. The Labute approximate surface area is 230 Å². The highest BCUT2D eigenvalue weighted by atomic mass is 19.4. The van der Waals surface area contributed by atoms with Gasteiger partial charge in [0.05, 0.1) is 29.2 Å². The smallest absolute Gasteiger partial charge is 0.384 e. The fourth-order valence-corrected chi connectivity index (χ4v) is 4.73. The van der Waals surface area contributed by atoms with Crippen LogP contribution in [-0.4, -0.2) is 41.2 Å². The van der Waals surface area contributed by atoms with Gasteiger partial charge in [0.15, 0.2) is 0 Å². The van der Waals surface area contributed by atoms with Gasteiger partial charge in [0.2, 0.25) is 5.91 Å². The van der Waals surface area contributed by atoms with Gasteiger partial charge in [0.25, 0.3) is 5.91 Å². The van der Waals surface area contributed by atoms with E-state index in [0.29, 0.717) is 43.6 Å². The number of primary amides is 1. The van der Waals surface area contributed by atoms with Gasteiger partial charge in [0.1, 0.15) is 5.84 Å². The van der Waals surface area contributed by atoms with Gasteiger partial charge in [-0.3, -0.25) is 19.9 Å². The molecule has 2 aliphatic rings. The molecule has 2 aromatic rings. The molecule has 2 fully saturated rings. The van der Waals surface area contributed by atoms with E-state index < -0.39 is 23.2 Å². The summed E-state index contributed by atoms with van der Waals surface area (Å²) in [6, 6.07) is 14.8. The van der Waals surface area contributed by atoms with Gasteiger partial charge in [-0.15, -0.1) is 0 Å². The van der Waals surface area contributed by atoms with Crippen molar-refractivity contribution in [2.45, 2.75) is 50.4 Å². The lowest BCUT2D eigenvalue weighted by Crippen LogP contribution is -2.51. The Bertz CT molecular complexity index is 1330. The molecule has 0 bridgehead atoms. The van der Waals surface area contributed by atoms with Crippen LogP contribution in [-0.2, 0) is 22.3 Å². The molecule has 8 nitrogen and oxygen atoms in total. The van der Waals surface area contributed by atoms with Crippen LogP contribution >= 0.6 is 0 Å². The molecule has 4 rings (SSSR count). The molecule has 2 amide bonds. The summed E-state index contributed by atoms with van der Waals surface area (Å²) in [7, 11) is 0. The summed E-state index contributed by atoms with van der Waals surface area (Å²) in [6.07, 6.45) is -0.192. The summed E-state index contributed by atoms with van der Waals surface area (Å²) in [5.74, 6) is -1.66. The van der Waals surface area contributed by atoms with Crippen LogP contribution in [0.15, 0.2) is 60.3 Å². The third kappa shape index (κ3) is 7.27. The molecule has 0 unspecified atom stereocenters. The van der Waals surface area contributed by atoms with Crippen molar-refractivity contribution in [3.05, 3.63) is 71.4 Å². The van der Waals surface area contributed by atoms with Crippen molar-refractivity contribution in [2.75, 3.05) is 13.1 Å². The van der Waals surface area contributed by atoms with Gasteiger partial charge >= 0.3 is 6.18 Å². The Hall–Kier alpha value is -4.17. The third-order valence-corrected chi connectivity index (χ3v) is 7.37. The number of alkyl halides is 3. The molecular weight excluding hydrogens is 521 g/mol. The summed E-state index contributed by atoms with van der Waals surface area (Å²) in [6.45, 7) is 1.94. The van der Waals surface area contributed by atoms with E-state index in [1.807, 2.05) is 24.3 Å². The number of hydrogen-bond acceptors (Lipinski definition) is 6.